The van der Waals surface area contributed by atoms with Crippen LogP contribution in [0.4, 0.5) is 0 Å². The minimum atomic E-state index is -0.0846. The van der Waals surface area contributed by atoms with Crippen LogP contribution in [0.25, 0.3) is 0 Å². The van der Waals surface area contributed by atoms with Crippen molar-refractivity contribution in [3.05, 3.63) is 69.2 Å². The highest BCUT2D eigenvalue weighted by molar-refractivity contribution is 6.35. The van der Waals surface area contributed by atoms with Crippen LogP contribution >= 0.6 is 23.2 Å². The molecule has 0 aliphatic rings. The van der Waals surface area contributed by atoms with Crippen molar-refractivity contribution < 1.29 is 9.47 Å². The molecule has 0 saturated carbocycles. The fourth-order valence-electron chi connectivity index (χ4n) is 2.64. The molecule has 0 aromatic heterocycles. The smallest absolute Gasteiger partial charge is 0.189 e. The van der Waals surface area contributed by atoms with Crippen LogP contribution in [0.3, 0.4) is 0 Å². The first-order valence-corrected chi connectivity index (χ1v) is 10.00. The maximum atomic E-state index is 6.24. The molecular weight excluding hydrogens is 397 g/mol. The number of hydrogen-bond donors (Lipinski definition) is 2. The van der Waals surface area contributed by atoms with Crippen molar-refractivity contribution in [3.63, 3.8) is 0 Å². The Labute approximate surface area is 176 Å². The number of benzene rings is 2. The Kier molecular flexibility index (Phi) is 9.58. The first kappa shape index (κ1) is 22.5. The maximum absolute atomic E-state index is 6.24. The van der Waals surface area contributed by atoms with E-state index in [2.05, 4.69) is 16.4 Å². The summed E-state index contributed by atoms with van der Waals surface area (Å²) in [5.74, 6) is 0.358. The van der Waals surface area contributed by atoms with Gasteiger partial charge in [-0.25, -0.2) is 4.99 Å². The summed E-state index contributed by atoms with van der Waals surface area (Å²) in [5.41, 5.74) is 9.11. The molecule has 0 bridgehead atoms. The van der Waals surface area contributed by atoms with E-state index in [0.717, 1.165) is 16.7 Å². The molecular formula is C21H27Cl2N3O2. The van der Waals surface area contributed by atoms with Gasteiger partial charge in [-0.15, -0.1) is 0 Å². The summed E-state index contributed by atoms with van der Waals surface area (Å²) >= 11 is 12.2. The average Bonchev–Trinajstić information content (AvgIpc) is 2.66. The zero-order valence-corrected chi connectivity index (χ0v) is 17.8. The van der Waals surface area contributed by atoms with Gasteiger partial charge in [0.15, 0.2) is 5.96 Å². The molecule has 152 valence electrons. The Morgan fingerprint density at radius 1 is 1.11 bits per heavy atom. The Morgan fingerprint density at radius 3 is 2.61 bits per heavy atom. The molecule has 5 nitrogen and oxygen atoms in total. The Balaban J connectivity index is 1.87. The number of halogens is 2. The molecule has 0 aliphatic heterocycles. The van der Waals surface area contributed by atoms with Crippen molar-refractivity contribution in [2.75, 3.05) is 19.8 Å². The van der Waals surface area contributed by atoms with Crippen LogP contribution in [-0.2, 0) is 22.6 Å². The van der Waals surface area contributed by atoms with E-state index in [1.807, 2.05) is 38.1 Å². The molecule has 0 heterocycles. The highest BCUT2D eigenvalue weighted by atomic mass is 35.5. The summed E-state index contributed by atoms with van der Waals surface area (Å²) in [4.78, 5) is 4.42. The fraction of sp³-hybridized carbons (Fsp3) is 0.381. The minimum Gasteiger partial charge on any atom is -0.379 e. The summed E-state index contributed by atoms with van der Waals surface area (Å²) in [6, 6.07) is 13.4. The zero-order chi connectivity index (χ0) is 20.4. The normalized spacial score (nSPS) is 12.8. The van der Waals surface area contributed by atoms with Crippen LogP contribution in [0.1, 0.15) is 36.6 Å². The lowest BCUT2D eigenvalue weighted by Crippen LogP contribution is -2.34. The molecule has 2 aromatic rings. The highest BCUT2D eigenvalue weighted by Crippen LogP contribution is 2.25. The number of nitrogens with two attached hydrogens (primary N) is 1. The minimum absolute atomic E-state index is 0.0846. The molecule has 1 unspecified atom stereocenters. The Morgan fingerprint density at radius 2 is 1.86 bits per heavy atom. The second-order valence-electron chi connectivity index (χ2n) is 6.30. The van der Waals surface area contributed by atoms with Crippen LogP contribution in [0.5, 0.6) is 0 Å². The predicted octanol–water partition coefficient (Wildman–Crippen LogP) is 4.71. The third-order valence-corrected chi connectivity index (χ3v) is 4.62. The van der Waals surface area contributed by atoms with E-state index in [9.17, 15) is 0 Å². The van der Waals surface area contributed by atoms with Crippen molar-refractivity contribution in [1.82, 2.24) is 5.32 Å². The van der Waals surface area contributed by atoms with E-state index in [1.165, 1.54) is 0 Å². The van der Waals surface area contributed by atoms with E-state index in [0.29, 0.717) is 49.0 Å². The summed E-state index contributed by atoms with van der Waals surface area (Å²) in [5, 5.41) is 4.35. The molecule has 0 amide bonds. The topological polar surface area (TPSA) is 68.9 Å². The second kappa shape index (κ2) is 11.9. The SMILES string of the molecule is CCOCCOCc1cccc(CN=C(N)NC(C)c2ccc(Cl)cc2Cl)c1. The molecule has 0 saturated heterocycles. The van der Waals surface area contributed by atoms with Gasteiger partial charge in [0.25, 0.3) is 0 Å². The number of aliphatic imine (C=N–C) groups is 1. The first-order chi connectivity index (χ1) is 13.5. The van der Waals surface area contributed by atoms with E-state index in [4.69, 9.17) is 38.4 Å². The van der Waals surface area contributed by atoms with Gasteiger partial charge in [0, 0.05) is 16.7 Å². The number of hydrogen-bond acceptors (Lipinski definition) is 3. The third-order valence-electron chi connectivity index (χ3n) is 4.06. The van der Waals surface area contributed by atoms with E-state index >= 15 is 0 Å². The lowest BCUT2D eigenvalue weighted by Gasteiger charge is -2.16. The van der Waals surface area contributed by atoms with Crippen molar-refractivity contribution in [1.29, 1.82) is 0 Å². The monoisotopic (exact) mass is 423 g/mol. The van der Waals surface area contributed by atoms with Gasteiger partial charge in [-0.05, 0) is 42.7 Å². The zero-order valence-electron chi connectivity index (χ0n) is 16.3. The Hall–Kier alpha value is -1.79. The Bertz CT molecular complexity index is 784. The summed E-state index contributed by atoms with van der Waals surface area (Å²) in [7, 11) is 0. The second-order valence-corrected chi connectivity index (χ2v) is 7.15. The van der Waals surface area contributed by atoms with Crippen LogP contribution < -0.4 is 11.1 Å². The molecule has 0 spiro atoms. The van der Waals surface area contributed by atoms with Gasteiger partial charge in [-0.3, -0.25) is 0 Å². The predicted molar refractivity (Wildman–Crippen MR) is 116 cm³/mol. The number of ether oxygens (including phenoxy) is 2. The van der Waals surface area contributed by atoms with Gasteiger partial charge in [0.2, 0.25) is 0 Å². The molecule has 2 rings (SSSR count). The van der Waals surface area contributed by atoms with Gasteiger partial charge in [-0.1, -0.05) is 53.5 Å². The van der Waals surface area contributed by atoms with Crippen LogP contribution in [0.2, 0.25) is 10.0 Å². The van der Waals surface area contributed by atoms with Gasteiger partial charge in [0.1, 0.15) is 0 Å². The summed E-state index contributed by atoms with van der Waals surface area (Å²) in [6.07, 6.45) is 0. The first-order valence-electron chi connectivity index (χ1n) is 9.24. The van der Waals surface area contributed by atoms with Crippen molar-refractivity contribution >= 4 is 29.2 Å². The largest absolute Gasteiger partial charge is 0.379 e. The third kappa shape index (κ3) is 7.68. The maximum Gasteiger partial charge on any atom is 0.189 e. The molecule has 1 atom stereocenters. The molecule has 0 radical (unpaired) electrons. The summed E-state index contributed by atoms with van der Waals surface area (Å²) in [6.45, 7) is 6.86. The molecule has 7 heteroatoms. The van der Waals surface area contributed by atoms with Crippen LogP contribution in [0.15, 0.2) is 47.5 Å². The number of nitrogens with one attached hydrogen (secondary N) is 1. The van der Waals surface area contributed by atoms with Crippen LogP contribution in [-0.4, -0.2) is 25.8 Å². The molecule has 28 heavy (non-hydrogen) atoms. The van der Waals surface area contributed by atoms with Gasteiger partial charge < -0.3 is 20.5 Å². The quantitative estimate of drug-likeness (QED) is 0.329. The summed E-state index contributed by atoms with van der Waals surface area (Å²) < 4.78 is 10.9. The highest BCUT2D eigenvalue weighted by Gasteiger charge is 2.10. The number of rotatable bonds is 10. The van der Waals surface area contributed by atoms with Crippen molar-refractivity contribution in [2.24, 2.45) is 10.7 Å². The van der Waals surface area contributed by atoms with Gasteiger partial charge >= 0.3 is 0 Å². The molecule has 2 aromatic carbocycles. The number of guanidine groups is 1. The molecule has 3 N–H and O–H groups in total. The average molecular weight is 424 g/mol. The van der Waals surface area contributed by atoms with Crippen molar-refractivity contribution in [3.8, 4) is 0 Å². The standard InChI is InChI=1S/C21H27Cl2N3O2/c1-3-27-9-10-28-14-17-6-4-5-16(11-17)13-25-21(24)26-15(2)19-8-7-18(22)12-20(19)23/h4-8,11-12,15H,3,9-10,13-14H2,1-2H3,(H3,24,25,26). The van der Waals surface area contributed by atoms with Gasteiger partial charge in [-0.2, -0.15) is 0 Å². The number of nitrogens with zero attached hydrogens (tertiary/aromatic N) is 1. The van der Waals surface area contributed by atoms with Crippen molar-refractivity contribution in [2.45, 2.75) is 33.0 Å². The van der Waals surface area contributed by atoms with E-state index in [-0.39, 0.29) is 6.04 Å². The lowest BCUT2D eigenvalue weighted by atomic mass is 10.1. The lowest BCUT2D eigenvalue weighted by molar-refractivity contribution is 0.0453. The fourth-order valence-corrected chi connectivity index (χ4v) is 3.22. The molecule has 0 aliphatic carbocycles. The van der Waals surface area contributed by atoms with E-state index < -0.39 is 0 Å². The molecule has 0 fully saturated rings. The van der Waals surface area contributed by atoms with Crippen LogP contribution in [0, 0.1) is 0 Å². The van der Waals surface area contributed by atoms with E-state index in [1.54, 1.807) is 12.1 Å². The van der Waals surface area contributed by atoms with Gasteiger partial charge in [0.05, 0.1) is 32.4 Å².